The van der Waals surface area contributed by atoms with Crippen LogP contribution in [0.2, 0.25) is 0 Å². The number of nitrogens with zero attached hydrogens (tertiary/aromatic N) is 3. The van der Waals surface area contributed by atoms with E-state index in [9.17, 15) is 5.26 Å². The fourth-order valence-electron chi connectivity index (χ4n) is 3.77. The molecule has 2 aliphatic heterocycles. The summed E-state index contributed by atoms with van der Waals surface area (Å²) in [7, 11) is 0. The van der Waals surface area contributed by atoms with Gasteiger partial charge >= 0.3 is 0 Å². The smallest absolute Gasteiger partial charge is 0.111 e. The number of imidazole rings is 1. The summed E-state index contributed by atoms with van der Waals surface area (Å²) in [6, 6.07) is 8.37. The first-order chi connectivity index (χ1) is 10.3. The van der Waals surface area contributed by atoms with Crippen LogP contribution in [0.5, 0.6) is 0 Å². The van der Waals surface area contributed by atoms with Crippen molar-refractivity contribution in [1.82, 2.24) is 9.55 Å². The van der Waals surface area contributed by atoms with E-state index in [0.29, 0.717) is 23.6 Å². The maximum absolute atomic E-state index is 9.29. The molecule has 21 heavy (non-hydrogen) atoms. The van der Waals surface area contributed by atoms with Crippen molar-refractivity contribution in [2.75, 3.05) is 5.88 Å². The molecule has 4 nitrogen and oxygen atoms in total. The molecule has 2 fully saturated rings. The van der Waals surface area contributed by atoms with Crippen LogP contribution in [0.4, 0.5) is 0 Å². The Balaban J connectivity index is 1.89. The molecule has 2 bridgehead atoms. The van der Waals surface area contributed by atoms with Gasteiger partial charge in [-0.3, -0.25) is 0 Å². The monoisotopic (exact) mass is 301 g/mol. The second-order valence-corrected chi connectivity index (χ2v) is 6.18. The van der Waals surface area contributed by atoms with E-state index in [-0.39, 0.29) is 6.10 Å². The highest BCUT2D eigenvalue weighted by atomic mass is 35.5. The van der Waals surface area contributed by atoms with Crippen molar-refractivity contribution in [3.63, 3.8) is 0 Å². The Morgan fingerprint density at radius 2 is 2.33 bits per heavy atom. The minimum atomic E-state index is 0.284. The number of alkyl halides is 1. The van der Waals surface area contributed by atoms with Crippen LogP contribution in [0.25, 0.3) is 11.0 Å². The van der Waals surface area contributed by atoms with E-state index >= 15 is 0 Å². The molecule has 0 aliphatic carbocycles. The van der Waals surface area contributed by atoms with Crippen LogP contribution in [0, 0.1) is 11.3 Å². The highest BCUT2D eigenvalue weighted by Crippen LogP contribution is 2.43. The molecule has 1 aromatic carbocycles. The summed E-state index contributed by atoms with van der Waals surface area (Å²) in [5.41, 5.74) is 2.46. The molecule has 2 aliphatic rings. The van der Waals surface area contributed by atoms with Crippen molar-refractivity contribution < 1.29 is 4.74 Å². The number of para-hydroxylation sites is 1. The number of rotatable bonds is 3. The largest absolute Gasteiger partial charge is 0.373 e. The zero-order valence-corrected chi connectivity index (χ0v) is 12.4. The van der Waals surface area contributed by atoms with Crippen molar-refractivity contribution in [3.8, 4) is 6.07 Å². The van der Waals surface area contributed by atoms with Gasteiger partial charge in [0.15, 0.2) is 0 Å². The van der Waals surface area contributed by atoms with Crippen LogP contribution in [0.1, 0.15) is 36.7 Å². The van der Waals surface area contributed by atoms with Crippen LogP contribution in [-0.4, -0.2) is 27.6 Å². The summed E-state index contributed by atoms with van der Waals surface area (Å²) in [6.07, 6.45) is 4.72. The van der Waals surface area contributed by atoms with E-state index < -0.39 is 0 Å². The predicted octanol–water partition coefficient (Wildman–Crippen LogP) is 3.18. The maximum atomic E-state index is 9.29. The third kappa shape index (κ3) is 1.96. The molecule has 2 aromatic rings. The number of ether oxygens (including phenoxy) is 1. The Bertz CT molecular complexity index is 733. The van der Waals surface area contributed by atoms with E-state index in [1.54, 1.807) is 0 Å². The van der Waals surface area contributed by atoms with Gasteiger partial charge in [-0.25, -0.2) is 4.98 Å². The number of benzene rings is 1. The Hall–Kier alpha value is -1.57. The Kier molecular flexibility index (Phi) is 3.13. The van der Waals surface area contributed by atoms with Crippen LogP contribution in [0.15, 0.2) is 18.2 Å². The fraction of sp³-hybridized carbons (Fsp3) is 0.500. The summed E-state index contributed by atoms with van der Waals surface area (Å²) in [4.78, 5) is 4.70. The molecular weight excluding hydrogens is 286 g/mol. The minimum Gasteiger partial charge on any atom is -0.373 e. The summed E-state index contributed by atoms with van der Waals surface area (Å²) in [5.74, 6) is 1.51. The quantitative estimate of drug-likeness (QED) is 0.818. The van der Waals surface area contributed by atoms with E-state index in [4.69, 9.17) is 21.3 Å². The Morgan fingerprint density at radius 3 is 3.00 bits per heavy atom. The van der Waals surface area contributed by atoms with Gasteiger partial charge in [-0.2, -0.15) is 5.26 Å². The summed E-state index contributed by atoms with van der Waals surface area (Å²) >= 11 is 5.95. The second kappa shape index (κ2) is 5.01. The van der Waals surface area contributed by atoms with Gasteiger partial charge in [-0.05, 0) is 31.4 Å². The average Bonchev–Trinajstić information content (AvgIpc) is 3.19. The predicted molar refractivity (Wildman–Crippen MR) is 80.4 cm³/mol. The lowest BCUT2D eigenvalue weighted by Crippen LogP contribution is -2.22. The first-order valence-electron chi connectivity index (χ1n) is 7.43. The van der Waals surface area contributed by atoms with Gasteiger partial charge in [0.25, 0.3) is 0 Å². The lowest BCUT2D eigenvalue weighted by Gasteiger charge is -2.23. The van der Waals surface area contributed by atoms with Crippen molar-refractivity contribution in [2.24, 2.45) is 0 Å². The summed E-state index contributed by atoms with van der Waals surface area (Å²) < 4.78 is 8.28. The van der Waals surface area contributed by atoms with E-state index in [1.807, 2.05) is 18.2 Å². The number of halogens is 1. The normalized spacial score (nSPS) is 27.3. The summed E-state index contributed by atoms with van der Waals surface area (Å²) in [6.45, 7) is 0. The number of aromatic nitrogens is 2. The molecule has 3 atom stereocenters. The molecule has 4 rings (SSSR count). The van der Waals surface area contributed by atoms with Crippen LogP contribution in [-0.2, 0) is 11.2 Å². The van der Waals surface area contributed by atoms with Crippen molar-refractivity contribution >= 4 is 22.6 Å². The first-order valence-corrected chi connectivity index (χ1v) is 7.96. The fourth-order valence-corrected chi connectivity index (χ4v) is 3.94. The summed E-state index contributed by atoms with van der Waals surface area (Å²) in [5, 5.41) is 9.29. The molecular formula is C16H16ClN3O. The van der Waals surface area contributed by atoms with Gasteiger partial charge in [-0.15, -0.1) is 11.6 Å². The number of fused-ring (bicyclic) bond motifs is 3. The number of hydrogen-bond acceptors (Lipinski definition) is 3. The van der Waals surface area contributed by atoms with Crippen LogP contribution in [0.3, 0.4) is 0 Å². The molecule has 108 valence electrons. The molecule has 3 unspecified atom stereocenters. The SMILES string of the molecule is N#Cc1cccc2c1nc(CCCl)n2C1CC2CCC1O2. The van der Waals surface area contributed by atoms with Gasteiger partial charge in [0.2, 0.25) is 0 Å². The second-order valence-electron chi connectivity index (χ2n) is 5.80. The zero-order valence-electron chi connectivity index (χ0n) is 11.6. The van der Waals surface area contributed by atoms with Crippen molar-refractivity contribution in [2.45, 2.75) is 43.9 Å². The van der Waals surface area contributed by atoms with E-state index in [0.717, 1.165) is 36.1 Å². The number of hydrogen-bond donors (Lipinski definition) is 0. The lowest BCUT2D eigenvalue weighted by atomic mass is 9.95. The van der Waals surface area contributed by atoms with Gasteiger partial charge in [0, 0.05) is 12.3 Å². The Labute approximate surface area is 128 Å². The molecule has 5 heteroatoms. The van der Waals surface area contributed by atoms with Gasteiger partial charge in [0.1, 0.15) is 17.4 Å². The van der Waals surface area contributed by atoms with Gasteiger partial charge in [-0.1, -0.05) is 6.07 Å². The standard InChI is InChI=1S/C16H16ClN3O/c17-7-6-15-19-16-10(9-18)2-1-3-12(16)20(15)13-8-11-4-5-14(13)21-11/h1-3,11,13-14H,4-8H2. The van der Waals surface area contributed by atoms with E-state index in [2.05, 4.69) is 10.6 Å². The molecule has 0 amide bonds. The third-order valence-corrected chi connectivity index (χ3v) is 4.83. The highest BCUT2D eigenvalue weighted by molar-refractivity contribution is 6.17. The topological polar surface area (TPSA) is 50.8 Å². The molecule has 0 spiro atoms. The minimum absolute atomic E-state index is 0.284. The zero-order chi connectivity index (χ0) is 14.4. The maximum Gasteiger partial charge on any atom is 0.111 e. The molecule has 3 heterocycles. The molecule has 1 aromatic heterocycles. The van der Waals surface area contributed by atoms with Gasteiger partial charge in [0.05, 0.1) is 29.3 Å². The molecule has 0 N–H and O–H groups in total. The van der Waals surface area contributed by atoms with Crippen molar-refractivity contribution in [3.05, 3.63) is 29.6 Å². The average molecular weight is 302 g/mol. The van der Waals surface area contributed by atoms with Crippen molar-refractivity contribution in [1.29, 1.82) is 5.26 Å². The molecule has 0 radical (unpaired) electrons. The van der Waals surface area contributed by atoms with Gasteiger partial charge < -0.3 is 9.30 Å². The third-order valence-electron chi connectivity index (χ3n) is 4.64. The van der Waals surface area contributed by atoms with Crippen LogP contribution < -0.4 is 0 Å². The molecule has 2 saturated heterocycles. The van der Waals surface area contributed by atoms with E-state index in [1.165, 1.54) is 6.42 Å². The van der Waals surface area contributed by atoms with Crippen LogP contribution >= 0.6 is 11.6 Å². The molecule has 0 saturated carbocycles. The number of nitriles is 1. The number of aryl methyl sites for hydroxylation is 1. The Morgan fingerprint density at radius 1 is 1.43 bits per heavy atom. The highest BCUT2D eigenvalue weighted by Gasteiger charge is 2.42. The lowest BCUT2D eigenvalue weighted by molar-refractivity contribution is 0.0940. The first kappa shape index (κ1) is 13.1.